The van der Waals surface area contributed by atoms with Gasteiger partial charge in [0.2, 0.25) is 0 Å². The van der Waals surface area contributed by atoms with Crippen LogP contribution in [0.2, 0.25) is 0 Å². The van der Waals surface area contributed by atoms with Crippen LogP contribution in [0, 0.1) is 6.92 Å². The Morgan fingerprint density at radius 3 is 2.75 bits per heavy atom. The zero-order chi connectivity index (χ0) is 12.1. The summed E-state index contributed by atoms with van der Waals surface area (Å²) >= 11 is 0. The summed E-state index contributed by atoms with van der Waals surface area (Å²) in [5, 5.41) is 12.2. The molecule has 0 radical (unpaired) electrons. The van der Waals surface area contributed by atoms with E-state index in [1.807, 2.05) is 32.0 Å². The lowest BCUT2D eigenvalue weighted by molar-refractivity contribution is 0.187. The molecular formula is C11H20N4O. The standard InChI is InChI=1S/C11H20N4O/c1-8(16)5-6-15(4)11-7-10(12-3)13-9(2)14-11/h7-8,16H,5-6H2,1-4H3,(H,12,13,14). The van der Waals surface area contributed by atoms with Gasteiger partial charge in [-0.3, -0.25) is 0 Å². The summed E-state index contributed by atoms with van der Waals surface area (Å²) in [6.45, 7) is 4.43. The van der Waals surface area contributed by atoms with Crippen LogP contribution in [0.25, 0.3) is 0 Å². The van der Waals surface area contributed by atoms with Crippen molar-refractivity contribution in [1.82, 2.24) is 9.97 Å². The van der Waals surface area contributed by atoms with E-state index < -0.39 is 0 Å². The summed E-state index contributed by atoms with van der Waals surface area (Å²) in [4.78, 5) is 10.6. The van der Waals surface area contributed by atoms with Crippen LogP contribution in [0.15, 0.2) is 6.07 Å². The van der Waals surface area contributed by atoms with Crippen molar-refractivity contribution >= 4 is 11.6 Å². The minimum atomic E-state index is -0.283. The molecule has 1 aromatic rings. The maximum Gasteiger partial charge on any atom is 0.134 e. The molecule has 2 N–H and O–H groups in total. The third-order valence-corrected chi connectivity index (χ3v) is 2.35. The smallest absolute Gasteiger partial charge is 0.134 e. The fourth-order valence-corrected chi connectivity index (χ4v) is 1.37. The van der Waals surface area contributed by atoms with E-state index in [0.29, 0.717) is 0 Å². The molecule has 16 heavy (non-hydrogen) atoms. The first-order chi connectivity index (χ1) is 7.52. The van der Waals surface area contributed by atoms with E-state index in [1.165, 1.54) is 0 Å². The molecule has 90 valence electrons. The molecule has 1 rings (SSSR count). The summed E-state index contributed by atoms with van der Waals surface area (Å²) in [5.74, 6) is 2.43. The third kappa shape index (κ3) is 3.66. The second-order valence-corrected chi connectivity index (χ2v) is 3.97. The van der Waals surface area contributed by atoms with Crippen LogP contribution in [0.1, 0.15) is 19.2 Å². The first-order valence-electron chi connectivity index (χ1n) is 5.45. The third-order valence-electron chi connectivity index (χ3n) is 2.35. The summed E-state index contributed by atoms with van der Waals surface area (Å²) in [5.41, 5.74) is 0. The van der Waals surface area contributed by atoms with Gasteiger partial charge in [-0.25, -0.2) is 9.97 Å². The number of nitrogens with one attached hydrogen (secondary N) is 1. The van der Waals surface area contributed by atoms with Crippen LogP contribution >= 0.6 is 0 Å². The van der Waals surface area contributed by atoms with E-state index in [2.05, 4.69) is 15.3 Å². The summed E-state index contributed by atoms with van der Waals surface area (Å²) < 4.78 is 0. The molecule has 0 fully saturated rings. The number of anilines is 2. The molecule has 0 bridgehead atoms. The Morgan fingerprint density at radius 1 is 1.50 bits per heavy atom. The van der Waals surface area contributed by atoms with Crippen molar-refractivity contribution in [2.24, 2.45) is 0 Å². The fraction of sp³-hybridized carbons (Fsp3) is 0.636. The maximum absolute atomic E-state index is 9.23. The van der Waals surface area contributed by atoms with E-state index >= 15 is 0 Å². The van der Waals surface area contributed by atoms with Crippen molar-refractivity contribution in [1.29, 1.82) is 0 Å². The van der Waals surface area contributed by atoms with Gasteiger partial charge in [0.25, 0.3) is 0 Å². The highest BCUT2D eigenvalue weighted by atomic mass is 16.3. The SMILES string of the molecule is CNc1cc(N(C)CCC(C)O)nc(C)n1. The van der Waals surface area contributed by atoms with Crippen molar-refractivity contribution in [2.45, 2.75) is 26.4 Å². The Hall–Kier alpha value is -1.36. The number of hydrogen-bond donors (Lipinski definition) is 2. The molecular weight excluding hydrogens is 204 g/mol. The van der Waals surface area contributed by atoms with Crippen molar-refractivity contribution in [3.8, 4) is 0 Å². The molecule has 0 aliphatic heterocycles. The number of aryl methyl sites for hydroxylation is 1. The highest BCUT2D eigenvalue weighted by molar-refractivity contribution is 5.48. The minimum absolute atomic E-state index is 0.283. The molecule has 5 nitrogen and oxygen atoms in total. The van der Waals surface area contributed by atoms with Crippen LogP contribution in [0.5, 0.6) is 0 Å². The van der Waals surface area contributed by atoms with Crippen molar-refractivity contribution in [3.05, 3.63) is 11.9 Å². The zero-order valence-electron chi connectivity index (χ0n) is 10.4. The lowest BCUT2D eigenvalue weighted by Crippen LogP contribution is -2.23. The quantitative estimate of drug-likeness (QED) is 0.782. The second kappa shape index (κ2) is 5.65. The number of aliphatic hydroxyl groups excluding tert-OH is 1. The van der Waals surface area contributed by atoms with Gasteiger partial charge in [-0.2, -0.15) is 0 Å². The van der Waals surface area contributed by atoms with E-state index in [-0.39, 0.29) is 6.10 Å². The van der Waals surface area contributed by atoms with Gasteiger partial charge in [0.15, 0.2) is 0 Å². The van der Waals surface area contributed by atoms with E-state index in [4.69, 9.17) is 0 Å². The van der Waals surface area contributed by atoms with Gasteiger partial charge >= 0.3 is 0 Å². The van der Waals surface area contributed by atoms with Crippen molar-refractivity contribution in [3.63, 3.8) is 0 Å². The highest BCUT2D eigenvalue weighted by Gasteiger charge is 2.06. The summed E-state index contributed by atoms with van der Waals surface area (Å²) in [6.07, 6.45) is 0.447. The average molecular weight is 224 g/mol. The van der Waals surface area contributed by atoms with Gasteiger partial charge in [-0.15, -0.1) is 0 Å². The fourth-order valence-electron chi connectivity index (χ4n) is 1.37. The Balaban J connectivity index is 2.74. The lowest BCUT2D eigenvalue weighted by Gasteiger charge is -2.19. The predicted octanol–water partition coefficient (Wildman–Crippen LogP) is 1.03. The van der Waals surface area contributed by atoms with E-state index in [1.54, 1.807) is 6.92 Å². The van der Waals surface area contributed by atoms with Gasteiger partial charge in [-0.1, -0.05) is 0 Å². The van der Waals surface area contributed by atoms with Crippen molar-refractivity contribution in [2.75, 3.05) is 30.9 Å². The average Bonchev–Trinajstić information content (AvgIpc) is 2.24. The van der Waals surface area contributed by atoms with E-state index in [0.717, 1.165) is 30.4 Å². The molecule has 0 aliphatic carbocycles. The predicted molar refractivity (Wildman–Crippen MR) is 65.9 cm³/mol. The first kappa shape index (κ1) is 12.7. The maximum atomic E-state index is 9.23. The van der Waals surface area contributed by atoms with Crippen LogP contribution < -0.4 is 10.2 Å². The number of nitrogens with zero attached hydrogens (tertiary/aromatic N) is 3. The van der Waals surface area contributed by atoms with Gasteiger partial charge in [0.05, 0.1) is 6.10 Å². The molecule has 0 saturated carbocycles. The topological polar surface area (TPSA) is 61.3 Å². The molecule has 0 amide bonds. The molecule has 1 aromatic heterocycles. The number of aromatic nitrogens is 2. The minimum Gasteiger partial charge on any atom is -0.393 e. The monoisotopic (exact) mass is 224 g/mol. The largest absolute Gasteiger partial charge is 0.393 e. The molecule has 0 spiro atoms. The molecule has 1 unspecified atom stereocenters. The van der Waals surface area contributed by atoms with Gasteiger partial charge in [0.1, 0.15) is 17.5 Å². The second-order valence-electron chi connectivity index (χ2n) is 3.97. The van der Waals surface area contributed by atoms with Crippen molar-refractivity contribution < 1.29 is 5.11 Å². The number of hydrogen-bond acceptors (Lipinski definition) is 5. The molecule has 1 atom stereocenters. The zero-order valence-corrected chi connectivity index (χ0v) is 10.4. The lowest BCUT2D eigenvalue weighted by atomic mass is 10.3. The summed E-state index contributed by atoms with van der Waals surface area (Å²) in [6, 6.07) is 1.90. The molecule has 5 heteroatoms. The first-order valence-corrected chi connectivity index (χ1v) is 5.45. The van der Waals surface area contributed by atoms with Crippen LogP contribution in [0.4, 0.5) is 11.6 Å². The number of rotatable bonds is 5. The Labute approximate surface area is 96.5 Å². The normalized spacial score (nSPS) is 12.3. The van der Waals surface area contributed by atoms with Gasteiger partial charge in [-0.05, 0) is 20.3 Å². The molecule has 0 aliphatic rings. The Morgan fingerprint density at radius 2 is 2.19 bits per heavy atom. The number of aliphatic hydroxyl groups is 1. The Bertz CT molecular complexity index is 341. The molecule has 1 heterocycles. The molecule has 0 saturated heterocycles. The van der Waals surface area contributed by atoms with Gasteiger partial charge in [0, 0.05) is 26.7 Å². The van der Waals surface area contributed by atoms with Crippen LogP contribution in [-0.2, 0) is 0 Å². The van der Waals surface area contributed by atoms with E-state index in [9.17, 15) is 5.11 Å². The van der Waals surface area contributed by atoms with Gasteiger partial charge < -0.3 is 15.3 Å². The van der Waals surface area contributed by atoms with Crippen LogP contribution in [-0.4, -0.2) is 41.8 Å². The summed E-state index contributed by atoms with van der Waals surface area (Å²) in [7, 11) is 3.80. The van der Waals surface area contributed by atoms with Crippen LogP contribution in [0.3, 0.4) is 0 Å². The highest BCUT2D eigenvalue weighted by Crippen LogP contribution is 2.14. The Kier molecular flexibility index (Phi) is 4.49. The molecule has 0 aromatic carbocycles.